The third-order valence-corrected chi connectivity index (χ3v) is 3.64. The Balaban J connectivity index is 2.54. The Kier molecular flexibility index (Phi) is 4.70. The van der Waals surface area contributed by atoms with E-state index in [9.17, 15) is 5.11 Å². The highest BCUT2D eigenvalue weighted by atomic mass is 32.1. The standard InChI is InChI=1S/C11H19NO2S/c1-7(6-14-4)10(13)5-11-12-8(2)9(3)15-11/h7,10,13H,5-6H2,1-4H3. The Morgan fingerprint density at radius 2 is 2.13 bits per heavy atom. The molecule has 1 aromatic heterocycles. The Labute approximate surface area is 95.1 Å². The van der Waals surface area contributed by atoms with Gasteiger partial charge in [0, 0.05) is 24.3 Å². The third-order valence-electron chi connectivity index (χ3n) is 2.54. The molecule has 0 bridgehead atoms. The van der Waals surface area contributed by atoms with E-state index in [-0.39, 0.29) is 12.0 Å². The summed E-state index contributed by atoms with van der Waals surface area (Å²) in [5.74, 6) is 0.152. The number of aromatic nitrogens is 1. The maximum Gasteiger partial charge on any atom is 0.0956 e. The summed E-state index contributed by atoms with van der Waals surface area (Å²) >= 11 is 1.67. The lowest BCUT2D eigenvalue weighted by atomic mass is 10.0. The molecule has 0 amide bonds. The van der Waals surface area contributed by atoms with Crippen LogP contribution in [0.2, 0.25) is 0 Å². The summed E-state index contributed by atoms with van der Waals surface area (Å²) in [4.78, 5) is 5.64. The smallest absolute Gasteiger partial charge is 0.0956 e. The quantitative estimate of drug-likeness (QED) is 0.839. The molecule has 0 spiro atoms. The van der Waals surface area contributed by atoms with Gasteiger partial charge in [0.1, 0.15) is 0 Å². The van der Waals surface area contributed by atoms with Crippen LogP contribution in [0.15, 0.2) is 0 Å². The number of hydrogen-bond acceptors (Lipinski definition) is 4. The molecular weight excluding hydrogens is 210 g/mol. The highest BCUT2D eigenvalue weighted by Gasteiger charge is 2.16. The molecular formula is C11H19NO2S. The molecule has 1 rings (SSSR count). The van der Waals surface area contributed by atoms with Crippen LogP contribution >= 0.6 is 11.3 Å². The zero-order valence-electron chi connectivity index (χ0n) is 9.78. The van der Waals surface area contributed by atoms with Gasteiger partial charge in [-0.1, -0.05) is 6.92 Å². The van der Waals surface area contributed by atoms with Crippen LogP contribution in [0.4, 0.5) is 0 Å². The minimum absolute atomic E-state index is 0.152. The number of aryl methyl sites for hydroxylation is 2. The summed E-state index contributed by atoms with van der Waals surface area (Å²) in [5.41, 5.74) is 1.07. The van der Waals surface area contributed by atoms with Crippen molar-refractivity contribution in [2.24, 2.45) is 5.92 Å². The first-order valence-corrected chi connectivity index (χ1v) is 5.96. The lowest BCUT2D eigenvalue weighted by Gasteiger charge is -2.16. The van der Waals surface area contributed by atoms with Crippen LogP contribution in [0.5, 0.6) is 0 Å². The molecule has 1 aromatic rings. The fourth-order valence-electron chi connectivity index (χ4n) is 1.38. The molecule has 0 aliphatic heterocycles. The fourth-order valence-corrected chi connectivity index (χ4v) is 2.36. The number of rotatable bonds is 5. The summed E-state index contributed by atoms with van der Waals surface area (Å²) < 4.78 is 5.01. The zero-order chi connectivity index (χ0) is 11.4. The van der Waals surface area contributed by atoms with Crippen molar-refractivity contribution in [2.75, 3.05) is 13.7 Å². The van der Waals surface area contributed by atoms with Crippen molar-refractivity contribution >= 4 is 11.3 Å². The number of aliphatic hydroxyl groups is 1. The monoisotopic (exact) mass is 229 g/mol. The van der Waals surface area contributed by atoms with E-state index in [4.69, 9.17) is 4.74 Å². The van der Waals surface area contributed by atoms with Crippen LogP contribution in [-0.4, -0.2) is 29.9 Å². The normalized spacial score (nSPS) is 15.3. The van der Waals surface area contributed by atoms with Gasteiger partial charge >= 0.3 is 0 Å². The molecule has 0 saturated carbocycles. The van der Waals surface area contributed by atoms with Gasteiger partial charge in [-0.15, -0.1) is 11.3 Å². The fraction of sp³-hybridized carbons (Fsp3) is 0.727. The first kappa shape index (κ1) is 12.6. The molecule has 3 nitrogen and oxygen atoms in total. The SMILES string of the molecule is COCC(C)C(O)Cc1nc(C)c(C)s1. The average molecular weight is 229 g/mol. The first-order chi connectivity index (χ1) is 7.04. The van der Waals surface area contributed by atoms with Crippen molar-refractivity contribution in [1.82, 2.24) is 4.98 Å². The molecule has 0 radical (unpaired) electrons. The van der Waals surface area contributed by atoms with Crippen molar-refractivity contribution in [3.8, 4) is 0 Å². The lowest BCUT2D eigenvalue weighted by Crippen LogP contribution is -2.24. The van der Waals surface area contributed by atoms with Gasteiger partial charge < -0.3 is 9.84 Å². The number of aliphatic hydroxyl groups excluding tert-OH is 1. The van der Waals surface area contributed by atoms with Gasteiger partial charge in [0.15, 0.2) is 0 Å². The molecule has 2 atom stereocenters. The second kappa shape index (κ2) is 5.58. The number of thiazole rings is 1. The van der Waals surface area contributed by atoms with Crippen molar-refractivity contribution < 1.29 is 9.84 Å². The molecule has 0 fully saturated rings. The zero-order valence-corrected chi connectivity index (χ0v) is 10.6. The predicted molar refractivity (Wildman–Crippen MR) is 62.3 cm³/mol. The summed E-state index contributed by atoms with van der Waals surface area (Å²) in [6, 6.07) is 0. The van der Waals surface area contributed by atoms with E-state index in [1.165, 1.54) is 4.88 Å². The average Bonchev–Trinajstić information content (AvgIpc) is 2.46. The molecule has 1 N–H and O–H groups in total. The van der Waals surface area contributed by atoms with Gasteiger partial charge in [-0.2, -0.15) is 0 Å². The Bertz CT molecular complexity index is 292. The maximum absolute atomic E-state index is 9.89. The van der Waals surface area contributed by atoms with E-state index < -0.39 is 0 Å². The van der Waals surface area contributed by atoms with Gasteiger partial charge in [0.2, 0.25) is 0 Å². The van der Waals surface area contributed by atoms with Gasteiger partial charge in [-0.3, -0.25) is 0 Å². The number of nitrogens with zero attached hydrogens (tertiary/aromatic N) is 1. The molecule has 86 valence electrons. The summed E-state index contributed by atoms with van der Waals surface area (Å²) in [6.07, 6.45) is 0.263. The summed E-state index contributed by atoms with van der Waals surface area (Å²) in [6.45, 7) is 6.63. The van der Waals surface area contributed by atoms with Crippen LogP contribution in [0.25, 0.3) is 0 Å². The highest BCUT2D eigenvalue weighted by molar-refractivity contribution is 7.11. The molecule has 0 aliphatic rings. The maximum atomic E-state index is 9.89. The minimum atomic E-state index is -0.366. The molecule has 1 heterocycles. The van der Waals surface area contributed by atoms with Crippen molar-refractivity contribution in [2.45, 2.75) is 33.3 Å². The first-order valence-electron chi connectivity index (χ1n) is 5.14. The minimum Gasteiger partial charge on any atom is -0.392 e. The van der Waals surface area contributed by atoms with Gasteiger partial charge in [0.25, 0.3) is 0 Å². The molecule has 4 heteroatoms. The van der Waals surface area contributed by atoms with Crippen molar-refractivity contribution in [3.05, 3.63) is 15.6 Å². The van der Waals surface area contributed by atoms with Gasteiger partial charge in [0.05, 0.1) is 23.4 Å². The highest BCUT2D eigenvalue weighted by Crippen LogP contribution is 2.19. The van der Waals surface area contributed by atoms with Crippen LogP contribution in [0, 0.1) is 19.8 Å². The van der Waals surface area contributed by atoms with E-state index in [2.05, 4.69) is 11.9 Å². The van der Waals surface area contributed by atoms with Crippen LogP contribution in [0.3, 0.4) is 0 Å². The Morgan fingerprint density at radius 1 is 1.47 bits per heavy atom. The Morgan fingerprint density at radius 3 is 2.60 bits per heavy atom. The van der Waals surface area contributed by atoms with Crippen LogP contribution in [0.1, 0.15) is 22.5 Å². The third kappa shape index (κ3) is 3.55. The summed E-state index contributed by atoms with van der Waals surface area (Å²) in [5, 5.41) is 10.9. The number of ether oxygens (including phenoxy) is 1. The molecule has 0 aliphatic carbocycles. The lowest BCUT2D eigenvalue weighted by molar-refractivity contribution is 0.0574. The van der Waals surface area contributed by atoms with E-state index in [1.54, 1.807) is 18.4 Å². The number of hydrogen-bond donors (Lipinski definition) is 1. The van der Waals surface area contributed by atoms with Crippen LogP contribution in [-0.2, 0) is 11.2 Å². The van der Waals surface area contributed by atoms with Crippen LogP contribution < -0.4 is 0 Å². The van der Waals surface area contributed by atoms with E-state index in [0.717, 1.165) is 10.7 Å². The van der Waals surface area contributed by atoms with Gasteiger partial charge in [-0.25, -0.2) is 4.98 Å². The second-order valence-corrected chi connectivity index (χ2v) is 5.24. The second-order valence-electron chi connectivity index (χ2n) is 3.95. The van der Waals surface area contributed by atoms with E-state index >= 15 is 0 Å². The predicted octanol–water partition coefficient (Wildman–Crippen LogP) is 1.95. The molecule has 0 aromatic carbocycles. The van der Waals surface area contributed by atoms with Crippen molar-refractivity contribution in [1.29, 1.82) is 0 Å². The largest absolute Gasteiger partial charge is 0.392 e. The molecule has 2 unspecified atom stereocenters. The van der Waals surface area contributed by atoms with E-state index in [0.29, 0.717) is 13.0 Å². The molecule has 15 heavy (non-hydrogen) atoms. The topological polar surface area (TPSA) is 42.4 Å². The summed E-state index contributed by atoms with van der Waals surface area (Å²) in [7, 11) is 1.65. The van der Waals surface area contributed by atoms with Crippen molar-refractivity contribution in [3.63, 3.8) is 0 Å². The Hall–Kier alpha value is -0.450. The number of methoxy groups -OCH3 is 1. The van der Waals surface area contributed by atoms with E-state index in [1.807, 2.05) is 13.8 Å². The molecule has 0 saturated heterocycles. The van der Waals surface area contributed by atoms with Gasteiger partial charge in [-0.05, 0) is 13.8 Å².